The Morgan fingerprint density at radius 3 is 2.76 bits per heavy atom. The van der Waals surface area contributed by atoms with Crippen LogP contribution in [-0.2, 0) is 0 Å². The van der Waals surface area contributed by atoms with Crippen LogP contribution in [0.2, 0.25) is 0 Å². The second-order valence-electron chi connectivity index (χ2n) is 5.19. The molecule has 2 atom stereocenters. The number of ether oxygens (including phenoxy) is 1. The second kappa shape index (κ2) is 6.54. The van der Waals surface area contributed by atoms with Gasteiger partial charge in [-0.15, -0.1) is 11.8 Å². The van der Waals surface area contributed by atoms with Crippen LogP contribution in [0.1, 0.15) is 30.0 Å². The van der Waals surface area contributed by atoms with E-state index in [2.05, 4.69) is 47.8 Å². The minimum atomic E-state index is 0.281. The fourth-order valence-corrected chi connectivity index (χ4v) is 4.35. The van der Waals surface area contributed by atoms with Crippen LogP contribution < -0.4 is 10.1 Å². The predicted octanol–water partition coefficient (Wildman–Crippen LogP) is 4.24. The first-order valence-electron chi connectivity index (χ1n) is 7.46. The molecule has 2 aromatic rings. The van der Waals surface area contributed by atoms with Crippen LogP contribution in [0.15, 0.2) is 53.4 Å². The number of rotatable bonds is 5. The standard InChI is InChI=1S/C18H21NOS/c1-3-20-16-10-6-4-9-14(16)18(19-2)15-12-21-17-11-7-5-8-13(15)17/h4-11,15,18-19H,3,12H2,1-2H3. The Balaban J connectivity index is 1.97. The molecule has 1 heterocycles. The van der Waals surface area contributed by atoms with E-state index in [1.165, 1.54) is 16.0 Å². The predicted molar refractivity (Wildman–Crippen MR) is 89.3 cm³/mol. The summed E-state index contributed by atoms with van der Waals surface area (Å²) >= 11 is 1.95. The van der Waals surface area contributed by atoms with Gasteiger partial charge in [0.25, 0.3) is 0 Å². The third kappa shape index (κ3) is 2.81. The summed E-state index contributed by atoms with van der Waals surface area (Å²) in [5.74, 6) is 2.59. The van der Waals surface area contributed by atoms with Crippen LogP contribution in [0.25, 0.3) is 0 Å². The van der Waals surface area contributed by atoms with E-state index in [0.29, 0.717) is 12.5 Å². The van der Waals surface area contributed by atoms with E-state index < -0.39 is 0 Å². The quantitative estimate of drug-likeness (QED) is 0.892. The lowest BCUT2D eigenvalue weighted by atomic mass is 9.88. The third-order valence-corrected chi connectivity index (χ3v) is 5.21. The number of likely N-dealkylation sites (N-methyl/N-ethyl adjacent to an activating group) is 1. The topological polar surface area (TPSA) is 21.3 Å². The van der Waals surface area contributed by atoms with Gasteiger partial charge in [-0.2, -0.15) is 0 Å². The molecule has 0 saturated heterocycles. The first-order chi connectivity index (χ1) is 10.3. The Morgan fingerprint density at radius 1 is 1.19 bits per heavy atom. The van der Waals surface area contributed by atoms with Crippen molar-refractivity contribution >= 4 is 11.8 Å². The van der Waals surface area contributed by atoms with E-state index in [4.69, 9.17) is 4.74 Å². The molecule has 0 spiro atoms. The number of thioether (sulfide) groups is 1. The lowest BCUT2D eigenvalue weighted by Crippen LogP contribution is -2.24. The van der Waals surface area contributed by atoms with Gasteiger partial charge < -0.3 is 10.1 Å². The highest BCUT2D eigenvalue weighted by Crippen LogP contribution is 2.46. The van der Waals surface area contributed by atoms with Gasteiger partial charge in [-0.1, -0.05) is 36.4 Å². The summed E-state index contributed by atoms with van der Waals surface area (Å²) in [4.78, 5) is 1.41. The van der Waals surface area contributed by atoms with Gasteiger partial charge in [-0.25, -0.2) is 0 Å². The van der Waals surface area contributed by atoms with E-state index in [9.17, 15) is 0 Å². The molecule has 0 radical (unpaired) electrons. The smallest absolute Gasteiger partial charge is 0.124 e. The van der Waals surface area contributed by atoms with Crippen LogP contribution in [-0.4, -0.2) is 19.4 Å². The van der Waals surface area contributed by atoms with E-state index in [-0.39, 0.29) is 6.04 Å². The molecule has 21 heavy (non-hydrogen) atoms. The third-order valence-electron chi connectivity index (χ3n) is 4.00. The van der Waals surface area contributed by atoms with E-state index in [1.54, 1.807) is 0 Å². The first kappa shape index (κ1) is 14.5. The normalized spacial score (nSPS) is 18.3. The lowest BCUT2D eigenvalue weighted by molar-refractivity contribution is 0.329. The zero-order chi connectivity index (χ0) is 14.7. The van der Waals surface area contributed by atoms with E-state index in [1.807, 2.05) is 31.8 Å². The number of nitrogens with one attached hydrogen (secondary N) is 1. The molecule has 1 N–H and O–H groups in total. The molecule has 110 valence electrons. The first-order valence-corrected chi connectivity index (χ1v) is 8.44. The highest BCUT2D eigenvalue weighted by Gasteiger charge is 2.31. The van der Waals surface area contributed by atoms with Crippen molar-refractivity contribution in [3.8, 4) is 5.75 Å². The zero-order valence-electron chi connectivity index (χ0n) is 12.5. The van der Waals surface area contributed by atoms with E-state index in [0.717, 1.165) is 11.5 Å². The second-order valence-corrected chi connectivity index (χ2v) is 6.25. The van der Waals surface area contributed by atoms with Gasteiger partial charge >= 0.3 is 0 Å². The molecule has 2 nitrogen and oxygen atoms in total. The molecule has 1 aliphatic rings. The van der Waals surface area contributed by atoms with Gasteiger partial charge in [-0.3, -0.25) is 0 Å². The van der Waals surface area contributed by atoms with Crippen molar-refractivity contribution in [1.82, 2.24) is 5.32 Å². The molecular weight excluding hydrogens is 278 g/mol. The van der Waals surface area contributed by atoms with Crippen molar-refractivity contribution in [3.05, 3.63) is 59.7 Å². The molecule has 0 aliphatic carbocycles. The molecule has 3 rings (SSSR count). The molecule has 0 bridgehead atoms. The van der Waals surface area contributed by atoms with Crippen LogP contribution in [0, 0.1) is 0 Å². The molecule has 1 aliphatic heterocycles. The monoisotopic (exact) mass is 299 g/mol. The van der Waals surface area contributed by atoms with E-state index >= 15 is 0 Å². The summed E-state index contributed by atoms with van der Waals surface area (Å²) in [5, 5.41) is 3.51. The van der Waals surface area contributed by atoms with Crippen molar-refractivity contribution in [2.75, 3.05) is 19.4 Å². The van der Waals surface area contributed by atoms with Gasteiger partial charge in [0, 0.05) is 28.2 Å². The highest BCUT2D eigenvalue weighted by atomic mass is 32.2. The number of fused-ring (bicyclic) bond motifs is 1. The molecule has 3 heteroatoms. The minimum absolute atomic E-state index is 0.281. The number of hydrogen-bond donors (Lipinski definition) is 1. The summed E-state index contributed by atoms with van der Waals surface area (Å²) < 4.78 is 5.82. The fraction of sp³-hybridized carbons (Fsp3) is 0.333. The molecule has 0 saturated carbocycles. The molecule has 2 unspecified atom stereocenters. The van der Waals surface area contributed by atoms with Crippen LogP contribution in [0.3, 0.4) is 0 Å². The van der Waals surface area contributed by atoms with Gasteiger partial charge in [0.15, 0.2) is 0 Å². The molecule has 0 aromatic heterocycles. The van der Waals surface area contributed by atoms with Crippen molar-refractivity contribution in [2.24, 2.45) is 0 Å². The van der Waals surface area contributed by atoms with Crippen molar-refractivity contribution in [3.63, 3.8) is 0 Å². The van der Waals surface area contributed by atoms with Gasteiger partial charge in [0.2, 0.25) is 0 Å². The molecule has 0 fully saturated rings. The average Bonchev–Trinajstić information content (AvgIpc) is 2.94. The summed E-state index contributed by atoms with van der Waals surface area (Å²) in [5.41, 5.74) is 2.71. The summed E-state index contributed by atoms with van der Waals surface area (Å²) in [6.45, 7) is 2.73. The summed E-state index contributed by atoms with van der Waals surface area (Å²) in [7, 11) is 2.04. The van der Waals surface area contributed by atoms with Crippen LogP contribution >= 0.6 is 11.8 Å². The average molecular weight is 299 g/mol. The molecule has 2 aromatic carbocycles. The fourth-order valence-electron chi connectivity index (χ4n) is 3.06. The Morgan fingerprint density at radius 2 is 1.95 bits per heavy atom. The van der Waals surface area contributed by atoms with Crippen molar-refractivity contribution < 1.29 is 4.74 Å². The summed E-state index contributed by atoms with van der Waals surface area (Å²) in [6.07, 6.45) is 0. The van der Waals surface area contributed by atoms with Gasteiger partial charge in [0.05, 0.1) is 6.61 Å². The van der Waals surface area contributed by atoms with Gasteiger partial charge in [0.1, 0.15) is 5.75 Å². The maximum Gasteiger partial charge on any atom is 0.124 e. The Bertz CT molecular complexity index is 614. The zero-order valence-corrected chi connectivity index (χ0v) is 13.3. The number of hydrogen-bond acceptors (Lipinski definition) is 3. The maximum absolute atomic E-state index is 5.82. The van der Waals surface area contributed by atoms with Crippen molar-refractivity contribution in [1.29, 1.82) is 0 Å². The maximum atomic E-state index is 5.82. The summed E-state index contributed by atoms with van der Waals surface area (Å²) in [6, 6.07) is 17.4. The van der Waals surface area contributed by atoms with Crippen molar-refractivity contribution in [2.45, 2.75) is 23.8 Å². The number of para-hydroxylation sites is 1. The lowest BCUT2D eigenvalue weighted by Gasteiger charge is -2.26. The van der Waals surface area contributed by atoms with Crippen LogP contribution in [0.4, 0.5) is 0 Å². The van der Waals surface area contributed by atoms with Gasteiger partial charge in [-0.05, 0) is 31.7 Å². The highest BCUT2D eigenvalue weighted by molar-refractivity contribution is 7.99. The van der Waals surface area contributed by atoms with Crippen LogP contribution in [0.5, 0.6) is 5.75 Å². The molecular formula is C18H21NOS. The molecule has 0 amide bonds. The Labute approximate surface area is 130 Å². The largest absolute Gasteiger partial charge is 0.494 e. The Kier molecular flexibility index (Phi) is 4.51. The SMILES string of the molecule is CCOc1ccccc1C(NC)C1CSc2ccccc21. The number of benzene rings is 2. The Hall–Kier alpha value is -1.45. The minimum Gasteiger partial charge on any atom is -0.494 e.